The summed E-state index contributed by atoms with van der Waals surface area (Å²) in [6.45, 7) is 6.04. The van der Waals surface area contributed by atoms with Gasteiger partial charge in [-0.1, -0.05) is 35.9 Å². The molecule has 2 N–H and O–H groups in total. The first-order valence-corrected chi connectivity index (χ1v) is 9.01. The maximum atomic E-state index is 12.7. The largest absolute Gasteiger partial charge is 0.389 e. The molecule has 1 aliphatic rings. The van der Waals surface area contributed by atoms with Crippen LogP contribution in [0.5, 0.6) is 0 Å². The number of nitrogens with one attached hydrogen (secondary N) is 1. The van der Waals surface area contributed by atoms with E-state index in [0.29, 0.717) is 5.02 Å². The van der Waals surface area contributed by atoms with E-state index in [-0.39, 0.29) is 12.5 Å². The van der Waals surface area contributed by atoms with Crippen molar-refractivity contribution >= 4 is 17.5 Å². The van der Waals surface area contributed by atoms with Gasteiger partial charge in [0.2, 0.25) is 5.91 Å². The molecule has 0 radical (unpaired) electrons. The smallest absolute Gasteiger partial charge is 0.230 e. The van der Waals surface area contributed by atoms with E-state index in [1.807, 2.05) is 57.2 Å². The predicted octanol–water partition coefficient (Wildman–Crippen LogP) is 3.60. The van der Waals surface area contributed by atoms with Crippen LogP contribution in [0.25, 0.3) is 11.1 Å². The first kappa shape index (κ1) is 18.9. The second kappa shape index (κ2) is 7.03. The van der Waals surface area contributed by atoms with Crippen LogP contribution in [0.4, 0.5) is 0 Å². The molecule has 26 heavy (non-hydrogen) atoms. The van der Waals surface area contributed by atoms with E-state index in [2.05, 4.69) is 5.32 Å². The van der Waals surface area contributed by atoms with Gasteiger partial charge >= 0.3 is 0 Å². The first-order chi connectivity index (χ1) is 12.3. The molecule has 4 nitrogen and oxygen atoms in total. The Morgan fingerprint density at radius 3 is 2.46 bits per heavy atom. The van der Waals surface area contributed by atoms with Gasteiger partial charge in [0, 0.05) is 12.1 Å². The van der Waals surface area contributed by atoms with E-state index in [1.54, 1.807) is 7.11 Å². The van der Waals surface area contributed by atoms with Crippen molar-refractivity contribution in [3.63, 3.8) is 0 Å². The zero-order valence-corrected chi connectivity index (χ0v) is 16.2. The van der Waals surface area contributed by atoms with Crippen molar-refractivity contribution in [2.75, 3.05) is 13.7 Å². The number of methoxy groups -OCH3 is 1. The van der Waals surface area contributed by atoms with Gasteiger partial charge < -0.3 is 15.2 Å². The van der Waals surface area contributed by atoms with Crippen LogP contribution in [0.15, 0.2) is 36.4 Å². The summed E-state index contributed by atoms with van der Waals surface area (Å²) >= 11 is 6.00. The molecule has 1 fully saturated rings. The summed E-state index contributed by atoms with van der Waals surface area (Å²) in [5.41, 5.74) is 4.12. The summed E-state index contributed by atoms with van der Waals surface area (Å²) < 4.78 is 5.21. The van der Waals surface area contributed by atoms with Crippen LogP contribution in [-0.2, 0) is 9.53 Å². The van der Waals surface area contributed by atoms with Gasteiger partial charge in [0.25, 0.3) is 0 Å². The number of aliphatic hydroxyl groups excluding tert-OH is 1. The van der Waals surface area contributed by atoms with Crippen molar-refractivity contribution in [1.29, 1.82) is 0 Å². The van der Waals surface area contributed by atoms with Gasteiger partial charge in [-0.2, -0.15) is 0 Å². The first-order valence-electron chi connectivity index (χ1n) is 8.63. The van der Waals surface area contributed by atoms with Crippen molar-refractivity contribution in [2.24, 2.45) is 0 Å². The zero-order chi connectivity index (χ0) is 19.1. The predicted molar refractivity (Wildman–Crippen MR) is 104 cm³/mol. The van der Waals surface area contributed by atoms with Crippen molar-refractivity contribution in [1.82, 2.24) is 5.32 Å². The highest BCUT2D eigenvalue weighted by Crippen LogP contribution is 2.39. The minimum atomic E-state index is -0.868. The normalized spacial score (nSPS) is 25.4. The molecule has 3 rings (SSSR count). The summed E-state index contributed by atoms with van der Waals surface area (Å²) in [4.78, 5) is 12.7. The molecule has 0 aliphatic carbocycles. The summed E-state index contributed by atoms with van der Waals surface area (Å²) in [6, 6.07) is 11.7. The molecule has 3 atom stereocenters. The molecule has 0 bridgehead atoms. The number of amides is 1. The molecule has 1 amide bonds. The lowest BCUT2D eigenvalue weighted by Crippen LogP contribution is -2.49. The molecule has 2 aromatic carbocycles. The molecule has 2 aromatic rings. The monoisotopic (exact) mass is 373 g/mol. The topological polar surface area (TPSA) is 58.6 Å². The Labute approximate surface area is 159 Å². The third-order valence-electron chi connectivity index (χ3n) is 5.30. The molecule has 1 saturated heterocycles. The number of rotatable bonds is 4. The zero-order valence-electron chi connectivity index (χ0n) is 15.5. The Hall–Kier alpha value is -1.88. The van der Waals surface area contributed by atoms with Gasteiger partial charge in [0.05, 0.1) is 24.2 Å². The standard InChI is InChI=1S/C21H24ClNO3/c1-12-5-10-16(14-6-8-15(22)9-7-14)13(2)17(12)18-19(24)21(3,11-26-4)23-20(18)25/h5-10,18-19,24H,11H2,1-4H3,(H,23,25). The second-order valence-electron chi connectivity index (χ2n) is 7.24. The molecular weight excluding hydrogens is 350 g/mol. The minimum absolute atomic E-state index is 0.170. The Balaban J connectivity index is 2.09. The number of aryl methyl sites for hydroxylation is 1. The lowest BCUT2D eigenvalue weighted by Gasteiger charge is -2.29. The summed E-state index contributed by atoms with van der Waals surface area (Å²) in [5, 5.41) is 14.5. The fourth-order valence-corrected chi connectivity index (χ4v) is 4.07. The molecule has 0 aromatic heterocycles. The average molecular weight is 374 g/mol. The van der Waals surface area contributed by atoms with E-state index in [1.165, 1.54) is 0 Å². The van der Waals surface area contributed by atoms with Gasteiger partial charge in [0.1, 0.15) is 0 Å². The van der Waals surface area contributed by atoms with E-state index in [4.69, 9.17) is 16.3 Å². The Morgan fingerprint density at radius 2 is 1.85 bits per heavy atom. The van der Waals surface area contributed by atoms with Crippen LogP contribution < -0.4 is 5.32 Å². The average Bonchev–Trinajstić information content (AvgIpc) is 2.80. The van der Waals surface area contributed by atoms with Gasteiger partial charge in [-0.25, -0.2) is 0 Å². The van der Waals surface area contributed by atoms with Crippen molar-refractivity contribution < 1.29 is 14.6 Å². The van der Waals surface area contributed by atoms with Gasteiger partial charge in [-0.3, -0.25) is 4.79 Å². The van der Waals surface area contributed by atoms with Crippen molar-refractivity contribution in [3.05, 3.63) is 58.1 Å². The molecule has 1 aliphatic heterocycles. The summed E-state index contributed by atoms with van der Waals surface area (Å²) in [5.74, 6) is -0.793. The van der Waals surface area contributed by atoms with Crippen LogP contribution in [0.1, 0.15) is 29.5 Å². The molecule has 138 valence electrons. The number of hydrogen-bond acceptors (Lipinski definition) is 3. The van der Waals surface area contributed by atoms with Crippen LogP contribution >= 0.6 is 11.6 Å². The molecule has 1 heterocycles. The maximum absolute atomic E-state index is 12.7. The fraction of sp³-hybridized carbons (Fsp3) is 0.381. The maximum Gasteiger partial charge on any atom is 0.230 e. The molecule has 3 unspecified atom stereocenters. The third-order valence-corrected chi connectivity index (χ3v) is 5.55. The summed E-state index contributed by atoms with van der Waals surface area (Å²) in [7, 11) is 1.56. The number of carbonyl (C=O) groups is 1. The van der Waals surface area contributed by atoms with Crippen LogP contribution in [0.3, 0.4) is 0 Å². The van der Waals surface area contributed by atoms with E-state index in [0.717, 1.165) is 27.8 Å². The third kappa shape index (κ3) is 3.13. The van der Waals surface area contributed by atoms with Crippen molar-refractivity contribution in [2.45, 2.75) is 38.3 Å². The number of ether oxygens (including phenoxy) is 1. The Morgan fingerprint density at radius 1 is 1.19 bits per heavy atom. The van der Waals surface area contributed by atoms with Crippen LogP contribution in [0, 0.1) is 13.8 Å². The quantitative estimate of drug-likeness (QED) is 0.860. The number of carbonyl (C=O) groups excluding carboxylic acids is 1. The second-order valence-corrected chi connectivity index (χ2v) is 7.67. The molecule has 0 saturated carbocycles. The van der Waals surface area contributed by atoms with Gasteiger partial charge in [-0.15, -0.1) is 0 Å². The highest BCUT2D eigenvalue weighted by molar-refractivity contribution is 6.30. The Bertz CT molecular complexity index is 834. The highest BCUT2D eigenvalue weighted by atomic mass is 35.5. The van der Waals surface area contributed by atoms with Gasteiger partial charge in [-0.05, 0) is 60.7 Å². The molecule has 5 heteroatoms. The number of benzene rings is 2. The number of halogens is 1. The fourth-order valence-electron chi connectivity index (χ4n) is 3.94. The SMILES string of the molecule is COCC1(C)NC(=O)C(c2c(C)ccc(-c3ccc(Cl)cc3)c2C)C1O. The lowest BCUT2D eigenvalue weighted by atomic mass is 9.81. The van der Waals surface area contributed by atoms with Gasteiger partial charge in [0.15, 0.2) is 0 Å². The Kier molecular flexibility index (Phi) is 5.11. The van der Waals surface area contributed by atoms with E-state index >= 15 is 0 Å². The van der Waals surface area contributed by atoms with Crippen molar-refractivity contribution in [3.8, 4) is 11.1 Å². The summed E-state index contributed by atoms with van der Waals surface area (Å²) in [6.07, 6.45) is -0.868. The van der Waals surface area contributed by atoms with E-state index in [9.17, 15) is 9.90 Å². The minimum Gasteiger partial charge on any atom is -0.389 e. The van der Waals surface area contributed by atoms with E-state index < -0.39 is 17.6 Å². The molecule has 0 spiro atoms. The number of hydrogen-bond donors (Lipinski definition) is 2. The molecular formula is C21H24ClNO3. The van der Waals surface area contributed by atoms with Crippen LogP contribution in [-0.4, -0.2) is 36.4 Å². The van der Waals surface area contributed by atoms with Crippen LogP contribution in [0.2, 0.25) is 5.02 Å². The number of aliphatic hydroxyl groups is 1. The highest BCUT2D eigenvalue weighted by Gasteiger charge is 2.51. The lowest BCUT2D eigenvalue weighted by molar-refractivity contribution is -0.121.